The summed E-state index contributed by atoms with van der Waals surface area (Å²) in [5.74, 6) is 0.221. The Bertz CT molecular complexity index is 1180. The second kappa shape index (κ2) is 13.8. The van der Waals surface area contributed by atoms with Crippen LogP contribution in [0.2, 0.25) is 5.02 Å². The summed E-state index contributed by atoms with van der Waals surface area (Å²) in [4.78, 5) is 42.9. The number of nitrogens with one attached hydrogen (secondary N) is 2. The number of alkyl carbamates (subject to hydrolysis) is 1. The zero-order valence-corrected chi connectivity index (χ0v) is 26.1. The molecule has 3 amide bonds. The number of hydrogen-bond donors (Lipinski definition) is 2. The van der Waals surface area contributed by atoms with Crippen molar-refractivity contribution in [2.75, 3.05) is 17.3 Å². The molecule has 0 saturated heterocycles. The highest BCUT2D eigenvalue weighted by Crippen LogP contribution is 2.41. The Kier molecular flexibility index (Phi) is 11.0. The Morgan fingerprint density at radius 3 is 2.33 bits per heavy atom. The number of rotatable bonds is 11. The molecular weight excluding hydrogens is 546 g/mol. The van der Waals surface area contributed by atoms with Crippen molar-refractivity contribution >= 4 is 47.0 Å². The Morgan fingerprint density at radius 1 is 1.15 bits per heavy atom. The second-order valence-corrected chi connectivity index (χ2v) is 12.8. The van der Waals surface area contributed by atoms with E-state index in [1.165, 1.54) is 0 Å². The fraction of sp³-hybridized carbons (Fsp3) is 0.516. The molecular formula is C31H42ClN3O4S. The van der Waals surface area contributed by atoms with Crippen molar-refractivity contribution in [1.82, 2.24) is 10.2 Å². The van der Waals surface area contributed by atoms with Crippen LogP contribution in [-0.2, 0) is 20.7 Å². The van der Waals surface area contributed by atoms with Crippen molar-refractivity contribution in [3.8, 4) is 0 Å². The van der Waals surface area contributed by atoms with Gasteiger partial charge >= 0.3 is 6.09 Å². The molecule has 0 bridgehead atoms. The molecule has 1 aliphatic rings. The van der Waals surface area contributed by atoms with Gasteiger partial charge in [0.05, 0.1) is 10.7 Å². The summed E-state index contributed by atoms with van der Waals surface area (Å²) in [6.07, 6.45) is 3.33. The molecule has 40 heavy (non-hydrogen) atoms. The molecule has 1 aliphatic carbocycles. The van der Waals surface area contributed by atoms with Gasteiger partial charge in [0, 0.05) is 6.04 Å². The number of anilines is 1. The fourth-order valence-corrected chi connectivity index (χ4v) is 5.39. The average molecular weight is 588 g/mol. The van der Waals surface area contributed by atoms with E-state index < -0.39 is 23.8 Å². The SMILES string of the molecule is CCc1ccc(C(C(=O)Nc2c(C)cccc2Cl)N(C(=O)C(CCSC)NC(=O)OC(C)(C)C)C2CC2C)cc1. The molecule has 0 aliphatic heterocycles. The third-order valence-electron chi connectivity index (χ3n) is 6.98. The van der Waals surface area contributed by atoms with Gasteiger partial charge in [0.15, 0.2) is 0 Å². The second-order valence-electron chi connectivity index (χ2n) is 11.4. The van der Waals surface area contributed by atoms with Crippen molar-refractivity contribution in [3.63, 3.8) is 0 Å². The van der Waals surface area contributed by atoms with E-state index in [1.54, 1.807) is 43.5 Å². The molecule has 2 aromatic rings. The lowest BCUT2D eigenvalue weighted by molar-refractivity contribution is -0.141. The predicted molar refractivity (Wildman–Crippen MR) is 164 cm³/mol. The number of hydrogen-bond acceptors (Lipinski definition) is 5. The summed E-state index contributed by atoms with van der Waals surface area (Å²) < 4.78 is 5.48. The number of carbonyl (C=O) groups excluding carboxylic acids is 3. The van der Waals surface area contributed by atoms with Crippen LogP contribution in [0.5, 0.6) is 0 Å². The van der Waals surface area contributed by atoms with Gasteiger partial charge in [0.25, 0.3) is 5.91 Å². The lowest BCUT2D eigenvalue weighted by atomic mass is 9.99. The van der Waals surface area contributed by atoms with E-state index >= 15 is 0 Å². The van der Waals surface area contributed by atoms with E-state index in [0.29, 0.717) is 28.4 Å². The van der Waals surface area contributed by atoms with Crippen LogP contribution in [0, 0.1) is 12.8 Å². The first kappa shape index (κ1) is 31.8. The van der Waals surface area contributed by atoms with Crippen LogP contribution >= 0.6 is 23.4 Å². The zero-order valence-electron chi connectivity index (χ0n) is 24.5. The molecule has 1 saturated carbocycles. The smallest absolute Gasteiger partial charge is 0.408 e. The monoisotopic (exact) mass is 587 g/mol. The number of ether oxygens (including phenoxy) is 1. The van der Waals surface area contributed by atoms with Crippen LogP contribution in [0.15, 0.2) is 42.5 Å². The predicted octanol–water partition coefficient (Wildman–Crippen LogP) is 6.77. The summed E-state index contributed by atoms with van der Waals surface area (Å²) in [5.41, 5.74) is 2.46. The Morgan fingerprint density at radius 2 is 1.80 bits per heavy atom. The van der Waals surface area contributed by atoms with Crippen molar-refractivity contribution in [3.05, 3.63) is 64.2 Å². The highest BCUT2D eigenvalue weighted by atomic mass is 35.5. The van der Waals surface area contributed by atoms with Gasteiger partial charge in [0.1, 0.15) is 17.7 Å². The van der Waals surface area contributed by atoms with E-state index in [0.717, 1.165) is 24.0 Å². The van der Waals surface area contributed by atoms with Crippen molar-refractivity contribution < 1.29 is 19.1 Å². The molecule has 218 valence electrons. The summed E-state index contributed by atoms with van der Waals surface area (Å²) in [6, 6.07) is 11.3. The normalized spacial score (nSPS) is 17.9. The van der Waals surface area contributed by atoms with Gasteiger partial charge in [-0.25, -0.2) is 4.79 Å². The van der Waals surface area contributed by atoms with E-state index in [1.807, 2.05) is 49.6 Å². The first-order valence-corrected chi connectivity index (χ1v) is 15.6. The number of thioether (sulfide) groups is 1. The molecule has 3 rings (SSSR count). The molecule has 0 heterocycles. The number of nitrogens with zero attached hydrogens (tertiary/aromatic N) is 1. The lowest BCUT2D eigenvalue weighted by Gasteiger charge is -2.35. The van der Waals surface area contributed by atoms with Crippen molar-refractivity contribution in [2.45, 2.75) is 84.5 Å². The Balaban J connectivity index is 2.04. The average Bonchev–Trinajstić information content (AvgIpc) is 3.61. The zero-order chi connectivity index (χ0) is 29.6. The van der Waals surface area contributed by atoms with Crippen LogP contribution in [-0.4, -0.2) is 52.5 Å². The fourth-order valence-electron chi connectivity index (χ4n) is 4.65. The first-order chi connectivity index (χ1) is 18.9. The summed E-state index contributed by atoms with van der Waals surface area (Å²) in [6.45, 7) is 11.3. The summed E-state index contributed by atoms with van der Waals surface area (Å²) >= 11 is 8.05. The molecule has 9 heteroatoms. The molecule has 0 radical (unpaired) electrons. The maximum atomic E-state index is 14.3. The van der Waals surface area contributed by atoms with Crippen LogP contribution in [0.1, 0.15) is 70.2 Å². The molecule has 0 aromatic heterocycles. The van der Waals surface area contributed by atoms with E-state index in [9.17, 15) is 14.4 Å². The third-order valence-corrected chi connectivity index (χ3v) is 7.94. The first-order valence-electron chi connectivity index (χ1n) is 13.8. The van der Waals surface area contributed by atoms with Gasteiger partial charge in [-0.3, -0.25) is 9.59 Å². The molecule has 4 atom stereocenters. The molecule has 4 unspecified atom stereocenters. The van der Waals surface area contributed by atoms with Crippen LogP contribution < -0.4 is 10.6 Å². The largest absolute Gasteiger partial charge is 0.444 e. The van der Waals surface area contributed by atoms with Crippen LogP contribution in [0.3, 0.4) is 0 Å². The van der Waals surface area contributed by atoms with Gasteiger partial charge in [-0.2, -0.15) is 11.8 Å². The summed E-state index contributed by atoms with van der Waals surface area (Å²) in [7, 11) is 0. The molecule has 2 aromatic carbocycles. The third kappa shape index (κ3) is 8.40. The lowest BCUT2D eigenvalue weighted by Crippen LogP contribution is -2.53. The molecule has 2 N–H and O–H groups in total. The van der Waals surface area contributed by atoms with Gasteiger partial charge in [-0.05, 0) is 87.6 Å². The van der Waals surface area contributed by atoms with Gasteiger partial charge in [-0.1, -0.05) is 61.8 Å². The molecule has 0 spiro atoms. The Labute approximate surface area is 247 Å². The number of amides is 3. The quantitative estimate of drug-likeness (QED) is 0.303. The van der Waals surface area contributed by atoms with Crippen LogP contribution in [0.4, 0.5) is 10.5 Å². The van der Waals surface area contributed by atoms with Crippen LogP contribution in [0.25, 0.3) is 0 Å². The van der Waals surface area contributed by atoms with Gasteiger partial charge in [-0.15, -0.1) is 0 Å². The minimum absolute atomic E-state index is 0.140. The number of para-hydroxylation sites is 1. The molecule has 1 fully saturated rings. The molecule has 7 nitrogen and oxygen atoms in total. The Hall–Kier alpha value is -2.71. The number of carbonyl (C=O) groups is 3. The van der Waals surface area contributed by atoms with E-state index in [4.69, 9.17) is 16.3 Å². The summed E-state index contributed by atoms with van der Waals surface area (Å²) in [5, 5.41) is 6.24. The maximum Gasteiger partial charge on any atom is 0.408 e. The number of halogens is 1. The minimum Gasteiger partial charge on any atom is -0.444 e. The van der Waals surface area contributed by atoms with E-state index in [2.05, 4.69) is 24.5 Å². The maximum absolute atomic E-state index is 14.3. The topological polar surface area (TPSA) is 87.7 Å². The minimum atomic E-state index is -0.916. The highest BCUT2D eigenvalue weighted by molar-refractivity contribution is 7.98. The highest BCUT2D eigenvalue weighted by Gasteiger charge is 2.48. The van der Waals surface area contributed by atoms with Gasteiger partial charge < -0.3 is 20.3 Å². The van der Waals surface area contributed by atoms with Crippen molar-refractivity contribution in [2.24, 2.45) is 5.92 Å². The van der Waals surface area contributed by atoms with E-state index in [-0.39, 0.29) is 23.8 Å². The standard InChI is InChI=1S/C31H42ClN3O4S/c1-8-21-12-14-22(15-13-21)27(28(36)34-26-19(2)10-9-11-23(26)32)35(25-18-20(25)3)29(37)24(16-17-40-7)33-30(38)39-31(4,5)6/h9-15,20,24-25,27H,8,16-18H2,1-7H3,(H,33,38)(H,34,36). The number of benzene rings is 2. The number of aryl methyl sites for hydroxylation is 2. The van der Waals surface area contributed by atoms with Crippen molar-refractivity contribution in [1.29, 1.82) is 0 Å². The van der Waals surface area contributed by atoms with Gasteiger partial charge in [0.2, 0.25) is 5.91 Å².